The standard InChI is InChI=1S/C6H7IN2/c1-5(7)6-8-3-2-4-9-6/h2-5H,1H3/t5-/m1/s1. The van der Waals surface area contributed by atoms with Crippen molar-refractivity contribution in [3.05, 3.63) is 24.3 Å². The van der Waals surface area contributed by atoms with E-state index in [-0.39, 0.29) is 0 Å². The summed E-state index contributed by atoms with van der Waals surface area (Å²) in [6.45, 7) is 2.07. The summed E-state index contributed by atoms with van der Waals surface area (Å²) in [5.74, 6) is 0.901. The average Bonchev–Trinajstić information content (AvgIpc) is 1.90. The Morgan fingerprint density at radius 3 is 2.33 bits per heavy atom. The Morgan fingerprint density at radius 1 is 1.44 bits per heavy atom. The number of hydrogen-bond acceptors (Lipinski definition) is 2. The number of rotatable bonds is 1. The van der Waals surface area contributed by atoms with Crippen molar-refractivity contribution in [2.45, 2.75) is 10.8 Å². The van der Waals surface area contributed by atoms with Crippen molar-refractivity contribution in [3.8, 4) is 0 Å². The number of halogens is 1. The molecule has 0 aliphatic carbocycles. The molecule has 0 fully saturated rings. The first kappa shape index (κ1) is 6.92. The largest absolute Gasteiger partial charge is 0.240 e. The molecule has 0 aliphatic heterocycles. The van der Waals surface area contributed by atoms with E-state index < -0.39 is 0 Å². The van der Waals surface area contributed by atoms with E-state index in [9.17, 15) is 0 Å². The number of alkyl halides is 1. The molecule has 3 heteroatoms. The van der Waals surface area contributed by atoms with Gasteiger partial charge in [-0.3, -0.25) is 0 Å². The van der Waals surface area contributed by atoms with E-state index in [1.807, 2.05) is 6.07 Å². The second-order valence-corrected chi connectivity index (χ2v) is 3.59. The van der Waals surface area contributed by atoms with Crippen LogP contribution in [0.5, 0.6) is 0 Å². The molecule has 0 unspecified atom stereocenters. The molecule has 0 aliphatic rings. The van der Waals surface area contributed by atoms with Crippen LogP contribution in [0.25, 0.3) is 0 Å². The Labute approximate surface area is 67.9 Å². The van der Waals surface area contributed by atoms with E-state index in [4.69, 9.17) is 0 Å². The summed E-state index contributed by atoms with van der Waals surface area (Å²) in [6.07, 6.45) is 3.52. The minimum Gasteiger partial charge on any atom is -0.240 e. The minimum absolute atomic E-state index is 0.406. The lowest BCUT2D eigenvalue weighted by atomic mass is 10.4. The third-order valence-electron chi connectivity index (χ3n) is 0.942. The van der Waals surface area contributed by atoms with Gasteiger partial charge in [-0.15, -0.1) is 0 Å². The number of nitrogens with zero attached hydrogens (tertiary/aromatic N) is 2. The molecule has 0 saturated heterocycles. The van der Waals surface area contributed by atoms with Crippen LogP contribution in [0.3, 0.4) is 0 Å². The highest BCUT2D eigenvalue weighted by molar-refractivity contribution is 14.1. The van der Waals surface area contributed by atoms with E-state index in [1.165, 1.54) is 0 Å². The summed E-state index contributed by atoms with van der Waals surface area (Å²) in [5.41, 5.74) is 0. The molecule has 48 valence electrons. The maximum Gasteiger partial charge on any atom is 0.140 e. The van der Waals surface area contributed by atoms with Gasteiger partial charge >= 0.3 is 0 Å². The maximum absolute atomic E-state index is 4.06. The highest BCUT2D eigenvalue weighted by Gasteiger charge is 1.99. The minimum atomic E-state index is 0.406. The molecule has 1 heterocycles. The second-order valence-electron chi connectivity index (χ2n) is 1.72. The van der Waals surface area contributed by atoms with Gasteiger partial charge in [-0.25, -0.2) is 9.97 Å². The Kier molecular flexibility index (Phi) is 2.38. The van der Waals surface area contributed by atoms with Crippen molar-refractivity contribution in [2.24, 2.45) is 0 Å². The van der Waals surface area contributed by atoms with Crippen LogP contribution in [-0.4, -0.2) is 9.97 Å². The average molecular weight is 234 g/mol. The van der Waals surface area contributed by atoms with E-state index in [2.05, 4.69) is 39.5 Å². The van der Waals surface area contributed by atoms with Crippen LogP contribution in [0.1, 0.15) is 16.7 Å². The molecule has 0 bridgehead atoms. The van der Waals surface area contributed by atoms with Crippen LogP contribution >= 0.6 is 22.6 Å². The Bertz CT molecular complexity index is 174. The van der Waals surface area contributed by atoms with Gasteiger partial charge in [0.2, 0.25) is 0 Å². The van der Waals surface area contributed by atoms with Gasteiger partial charge in [-0.05, 0) is 13.0 Å². The lowest BCUT2D eigenvalue weighted by molar-refractivity contribution is 0.944. The van der Waals surface area contributed by atoms with Crippen molar-refractivity contribution in [1.82, 2.24) is 9.97 Å². The second kappa shape index (κ2) is 3.10. The zero-order valence-electron chi connectivity index (χ0n) is 5.08. The topological polar surface area (TPSA) is 25.8 Å². The molecule has 1 aromatic heterocycles. The molecule has 0 radical (unpaired) electrons. The van der Waals surface area contributed by atoms with Gasteiger partial charge in [0, 0.05) is 12.4 Å². The Balaban J connectivity index is 2.85. The zero-order valence-corrected chi connectivity index (χ0v) is 7.24. The first-order valence-corrected chi connectivity index (χ1v) is 3.96. The SMILES string of the molecule is C[C@@H](I)c1ncccn1. The summed E-state index contributed by atoms with van der Waals surface area (Å²) in [7, 11) is 0. The number of aromatic nitrogens is 2. The predicted octanol–water partition coefficient (Wildman–Crippen LogP) is 1.97. The van der Waals surface area contributed by atoms with Crippen LogP contribution < -0.4 is 0 Å². The summed E-state index contributed by atoms with van der Waals surface area (Å²) < 4.78 is 0.406. The van der Waals surface area contributed by atoms with Crippen LogP contribution in [0.15, 0.2) is 18.5 Å². The van der Waals surface area contributed by atoms with E-state index in [1.54, 1.807) is 12.4 Å². The van der Waals surface area contributed by atoms with E-state index in [0.29, 0.717) is 3.92 Å². The van der Waals surface area contributed by atoms with Gasteiger partial charge in [0.05, 0.1) is 3.92 Å². The molecular formula is C6H7IN2. The molecule has 2 nitrogen and oxygen atoms in total. The van der Waals surface area contributed by atoms with Gasteiger partial charge < -0.3 is 0 Å². The van der Waals surface area contributed by atoms with Crippen LogP contribution in [0, 0.1) is 0 Å². The lowest BCUT2D eigenvalue weighted by Crippen LogP contribution is -1.91. The van der Waals surface area contributed by atoms with Crippen LogP contribution in [-0.2, 0) is 0 Å². The summed E-state index contributed by atoms with van der Waals surface area (Å²) in [5, 5.41) is 0. The highest BCUT2D eigenvalue weighted by Crippen LogP contribution is 2.16. The number of hydrogen-bond donors (Lipinski definition) is 0. The first-order chi connectivity index (χ1) is 4.30. The van der Waals surface area contributed by atoms with Gasteiger partial charge in [0.25, 0.3) is 0 Å². The van der Waals surface area contributed by atoms with Crippen molar-refractivity contribution >= 4 is 22.6 Å². The van der Waals surface area contributed by atoms with E-state index >= 15 is 0 Å². The van der Waals surface area contributed by atoms with Gasteiger partial charge in [-0.1, -0.05) is 22.6 Å². The van der Waals surface area contributed by atoms with Gasteiger partial charge in [0.15, 0.2) is 0 Å². The van der Waals surface area contributed by atoms with E-state index in [0.717, 1.165) is 5.82 Å². The first-order valence-electron chi connectivity index (χ1n) is 2.71. The fourth-order valence-electron chi connectivity index (χ4n) is 0.516. The normalized spacial score (nSPS) is 13.1. The fourth-order valence-corrected chi connectivity index (χ4v) is 0.838. The van der Waals surface area contributed by atoms with Crippen molar-refractivity contribution < 1.29 is 0 Å². The van der Waals surface area contributed by atoms with Gasteiger partial charge in [-0.2, -0.15) is 0 Å². The van der Waals surface area contributed by atoms with Crippen LogP contribution in [0.4, 0.5) is 0 Å². The van der Waals surface area contributed by atoms with Gasteiger partial charge in [0.1, 0.15) is 5.82 Å². The summed E-state index contributed by atoms with van der Waals surface area (Å²) in [4.78, 5) is 8.12. The zero-order chi connectivity index (χ0) is 6.69. The maximum atomic E-state index is 4.06. The molecule has 1 aromatic rings. The van der Waals surface area contributed by atoms with Crippen LogP contribution in [0.2, 0.25) is 0 Å². The molecule has 0 N–H and O–H groups in total. The lowest BCUT2D eigenvalue weighted by Gasteiger charge is -1.97. The van der Waals surface area contributed by atoms with Crippen molar-refractivity contribution in [3.63, 3.8) is 0 Å². The Morgan fingerprint density at radius 2 is 2.00 bits per heavy atom. The highest BCUT2D eigenvalue weighted by atomic mass is 127. The predicted molar refractivity (Wildman–Crippen MR) is 44.5 cm³/mol. The third-order valence-corrected chi connectivity index (χ3v) is 1.50. The third kappa shape index (κ3) is 1.89. The smallest absolute Gasteiger partial charge is 0.140 e. The van der Waals surface area contributed by atoms with Crippen molar-refractivity contribution in [1.29, 1.82) is 0 Å². The molecular weight excluding hydrogens is 227 g/mol. The molecule has 0 spiro atoms. The fraction of sp³-hybridized carbons (Fsp3) is 0.333. The molecule has 9 heavy (non-hydrogen) atoms. The van der Waals surface area contributed by atoms with Crippen molar-refractivity contribution in [2.75, 3.05) is 0 Å². The molecule has 0 aromatic carbocycles. The molecule has 1 atom stereocenters. The summed E-state index contributed by atoms with van der Waals surface area (Å²) in [6, 6.07) is 1.82. The summed E-state index contributed by atoms with van der Waals surface area (Å²) >= 11 is 2.28. The molecule has 1 rings (SSSR count). The molecule has 0 amide bonds. The quantitative estimate of drug-likeness (QED) is 0.548. The molecule has 0 saturated carbocycles. The Hall–Kier alpha value is -0.190. The monoisotopic (exact) mass is 234 g/mol.